The highest BCUT2D eigenvalue weighted by molar-refractivity contribution is 5.75. The molecule has 0 amide bonds. The quantitative estimate of drug-likeness (QED) is 0.286. The van der Waals surface area contributed by atoms with Gasteiger partial charge in [0.25, 0.3) is 0 Å². The van der Waals surface area contributed by atoms with Crippen molar-refractivity contribution < 1.29 is 9.47 Å². The number of ether oxygens (including phenoxy) is 2. The zero-order valence-electron chi connectivity index (χ0n) is 7.64. The number of methoxy groups -OCH3 is 1. The van der Waals surface area contributed by atoms with E-state index in [9.17, 15) is 0 Å². The predicted molar refractivity (Wildman–Crippen MR) is 47.5 cm³/mol. The van der Waals surface area contributed by atoms with Crippen molar-refractivity contribution in [1.29, 1.82) is 5.41 Å². The summed E-state index contributed by atoms with van der Waals surface area (Å²) < 4.78 is 9.95. The van der Waals surface area contributed by atoms with E-state index in [1.54, 1.807) is 14.2 Å². The Morgan fingerprint density at radius 1 is 1.33 bits per heavy atom. The summed E-state index contributed by atoms with van der Waals surface area (Å²) in [5.41, 5.74) is 0. The molecule has 0 saturated heterocycles. The summed E-state index contributed by atoms with van der Waals surface area (Å²) in [6.07, 6.45) is 0. The average Bonchev–Trinajstić information content (AvgIpc) is 2.10. The molecule has 0 unspecified atom stereocenters. The Balaban J connectivity index is 2.95. The maximum Gasteiger partial charge on any atom is 0.188 e. The van der Waals surface area contributed by atoms with Gasteiger partial charge in [-0.25, -0.2) is 0 Å². The third kappa shape index (κ3) is 7.30. The van der Waals surface area contributed by atoms with Crippen LogP contribution in [0, 0.1) is 5.41 Å². The van der Waals surface area contributed by atoms with Crippen molar-refractivity contribution in [2.45, 2.75) is 0 Å². The van der Waals surface area contributed by atoms with Crippen molar-refractivity contribution >= 4 is 5.96 Å². The van der Waals surface area contributed by atoms with E-state index in [0.717, 1.165) is 0 Å². The zero-order valence-corrected chi connectivity index (χ0v) is 7.64. The number of rotatable bonds is 6. The van der Waals surface area contributed by atoms with Crippen molar-refractivity contribution in [3.05, 3.63) is 0 Å². The first-order valence-electron chi connectivity index (χ1n) is 3.88. The Morgan fingerprint density at radius 2 is 2.08 bits per heavy atom. The van der Waals surface area contributed by atoms with Gasteiger partial charge in [0, 0.05) is 20.7 Å². The third-order valence-electron chi connectivity index (χ3n) is 1.23. The first-order valence-corrected chi connectivity index (χ1v) is 3.88. The van der Waals surface area contributed by atoms with Crippen LogP contribution < -0.4 is 10.6 Å². The SMILES string of the molecule is CNC(=N)NCCOCCOC. The summed E-state index contributed by atoms with van der Waals surface area (Å²) in [5, 5.41) is 12.6. The molecule has 0 saturated carbocycles. The van der Waals surface area contributed by atoms with Gasteiger partial charge in [-0.05, 0) is 0 Å². The van der Waals surface area contributed by atoms with E-state index >= 15 is 0 Å². The van der Waals surface area contributed by atoms with Crippen LogP contribution in [-0.4, -0.2) is 46.5 Å². The van der Waals surface area contributed by atoms with Crippen LogP contribution in [0.4, 0.5) is 0 Å². The molecule has 0 atom stereocenters. The van der Waals surface area contributed by atoms with Crippen LogP contribution in [0.5, 0.6) is 0 Å². The van der Waals surface area contributed by atoms with Gasteiger partial charge in [0.2, 0.25) is 0 Å². The molecule has 0 bridgehead atoms. The van der Waals surface area contributed by atoms with Gasteiger partial charge in [0.05, 0.1) is 19.8 Å². The molecular weight excluding hydrogens is 158 g/mol. The lowest BCUT2D eigenvalue weighted by atomic mass is 10.6. The maximum absolute atomic E-state index is 7.15. The van der Waals surface area contributed by atoms with E-state index in [1.165, 1.54) is 0 Å². The lowest BCUT2D eigenvalue weighted by molar-refractivity contribution is 0.0733. The molecule has 5 nitrogen and oxygen atoms in total. The smallest absolute Gasteiger partial charge is 0.188 e. The summed E-state index contributed by atoms with van der Waals surface area (Å²) >= 11 is 0. The van der Waals surface area contributed by atoms with E-state index in [1.807, 2.05) is 0 Å². The molecule has 0 spiro atoms. The van der Waals surface area contributed by atoms with Crippen LogP contribution in [0.15, 0.2) is 0 Å². The van der Waals surface area contributed by atoms with E-state index in [-0.39, 0.29) is 0 Å². The van der Waals surface area contributed by atoms with Gasteiger partial charge in [-0.2, -0.15) is 0 Å². The standard InChI is InChI=1S/C7H17N3O2/c1-9-7(8)10-3-4-12-6-5-11-2/h3-6H2,1-2H3,(H3,8,9,10). The molecule has 12 heavy (non-hydrogen) atoms. The fourth-order valence-electron chi connectivity index (χ4n) is 0.581. The van der Waals surface area contributed by atoms with Crippen molar-refractivity contribution in [2.24, 2.45) is 0 Å². The minimum atomic E-state index is 0.311. The predicted octanol–water partition coefficient (Wildman–Crippen LogP) is -0.607. The largest absolute Gasteiger partial charge is 0.382 e. The monoisotopic (exact) mass is 175 g/mol. The molecule has 72 valence electrons. The third-order valence-corrected chi connectivity index (χ3v) is 1.23. The van der Waals surface area contributed by atoms with E-state index in [4.69, 9.17) is 14.9 Å². The summed E-state index contributed by atoms with van der Waals surface area (Å²) in [5.74, 6) is 0.311. The fourth-order valence-corrected chi connectivity index (χ4v) is 0.581. The molecule has 0 aromatic carbocycles. The molecule has 0 aliphatic heterocycles. The Kier molecular flexibility index (Phi) is 7.73. The van der Waals surface area contributed by atoms with Crippen molar-refractivity contribution in [3.63, 3.8) is 0 Å². The molecule has 0 aliphatic rings. The number of hydrogen-bond acceptors (Lipinski definition) is 3. The lowest BCUT2D eigenvalue weighted by Gasteiger charge is -2.06. The lowest BCUT2D eigenvalue weighted by Crippen LogP contribution is -2.35. The van der Waals surface area contributed by atoms with Gasteiger partial charge in [-0.15, -0.1) is 0 Å². The van der Waals surface area contributed by atoms with Crippen LogP contribution >= 0.6 is 0 Å². The Bertz CT molecular complexity index is 119. The van der Waals surface area contributed by atoms with Crippen LogP contribution in [0.25, 0.3) is 0 Å². The molecule has 0 aromatic rings. The second kappa shape index (κ2) is 8.29. The number of guanidine groups is 1. The van der Waals surface area contributed by atoms with Crippen LogP contribution in [0.1, 0.15) is 0 Å². The van der Waals surface area contributed by atoms with E-state index in [2.05, 4.69) is 10.6 Å². The first kappa shape index (κ1) is 11.2. The van der Waals surface area contributed by atoms with Gasteiger partial charge in [0.1, 0.15) is 0 Å². The minimum Gasteiger partial charge on any atom is -0.382 e. The van der Waals surface area contributed by atoms with Crippen LogP contribution in [0.2, 0.25) is 0 Å². The molecule has 0 aromatic heterocycles. The highest BCUT2D eigenvalue weighted by Crippen LogP contribution is 1.74. The van der Waals surface area contributed by atoms with E-state index < -0.39 is 0 Å². The van der Waals surface area contributed by atoms with Gasteiger partial charge in [0.15, 0.2) is 5.96 Å². The number of hydrogen-bond donors (Lipinski definition) is 3. The molecule has 3 N–H and O–H groups in total. The Morgan fingerprint density at radius 3 is 2.67 bits per heavy atom. The molecule has 0 radical (unpaired) electrons. The molecule has 0 aliphatic carbocycles. The van der Waals surface area contributed by atoms with Gasteiger partial charge >= 0.3 is 0 Å². The molecule has 0 rings (SSSR count). The Hall–Kier alpha value is -0.810. The van der Waals surface area contributed by atoms with Gasteiger partial charge in [-0.3, -0.25) is 5.41 Å². The summed E-state index contributed by atoms with van der Waals surface area (Å²) in [4.78, 5) is 0. The van der Waals surface area contributed by atoms with Crippen LogP contribution in [-0.2, 0) is 9.47 Å². The van der Waals surface area contributed by atoms with Crippen LogP contribution in [0.3, 0.4) is 0 Å². The summed E-state index contributed by atoms with van der Waals surface area (Å²) in [6, 6.07) is 0. The van der Waals surface area contributed by atoms with Crippen molar-refractivity contribution in [3.8, 4) is 0 Å². The summed E-state index contributed by atoms with van der Waals surface area (Å²) in [6.45, 7) is 2.45. The van der Waals surface area contributed by atoms with E-state index in [0.29, 0.717) is 32.3 Å². The second-order valence-electron chi connectivity index (χ2n) is 2.16. The van der Waals surface area contributed by atoms with Gasteiger partial charge in [-0.1, -0.05) is 0 Å². The second-order valence-corrected chi connectivity index (χ2v) is 2.16. The topological polar surface area (TPSA) is 66.4 Å². The average molecular weight is 175 g/mol. The summed E-state index contributed by atoms with van der Waals surface area (Å²) in [7, 11) is 3.33. The first-order chi connectivity index (χ1) is 5.81. The zero-order chi connectivity index (χ0) is 9.23. The highest BCUT2D eigenvalue weighted by atomic mass is 16.5. The molecular formula is C7H17N3O2. The Labute approximate surface area is 72.9 Å². The maximum atomic E-state index is 7.15. The van der Waals surface area contributed by atoms with Crippen molar-refractivity contribution in [2.75, 3.05) is 40.5 Å². The minimum absolute atomic E-state index is 0.311. The van der Waals surface area contributed by atoms with Crippen molar-refractivity contribution in [1.82, 2.24) is 10.6 Å². The fraction of sp³-hybridized carbons (Fsp3) is 0.857. The highest BCUT2D eigenvalue weighted by Gasteiger charge is 1.90. The normalized spacial score (nSPS) is 9.50. The molecule has 5 heteroatoms. The molecule has 0 heterocycles. The molecule has 0 fully saturated rings. The number of nitrogens with one attached hydrogen (secondary N) is 3. The van der Waals surface area contributed by atoms with Gasteiger partial charge < -0.3 is 20.1 Å².